The van der Waals surface area contributed by atoms with Crippen LogP contribution in [0.25, 0.3) is 0 Å². The minimum absolute atomic E-state index is 0.0947. The lowest BCUT2D eigenvalue weighted by Gasteiger charge is -2.34. The summed E-state index contributed by atoms with van der Waals surface area (Å²) in [4.78, 5) is 0. The maximum atomic E-state index is 11.6. The Balaban J connectivity index is 2.61. The molecule has 1 N–H and O–H groups in total. The average Bonchev–Trinajstić information content (AvgIpc) is 2.14. The van der Waals surface area contributed by atoms with Crippen molar-refractivity contribution in [3.05, 3.63) is 0 Å². The molecular weight excluding hydrogens is 236 g/mol. The summed E-state index contributed by atoms with van der Waals surface area (Å²) < 4.78 is 23.1. The molecule has 0 heterocycles. The molecule has 1 saturated carbocycles. The van der Waals surface area contributed by atoms with E-state index in [1.54, 1.807) is 0 Å². The van der Waals surface area contributed by atoms with Gasteiger partial charge >= 0.3 is 0 Å². The molecule has 4 heteroatoms. The SMILES string of the molecule is CC(C)(C)CC(O)C1CCCC(S(C)(=O)=O)C1. The molecule has 0 aromatic carbocycles. The summed E-state index contributed by atoms with van der Waals surface area (Å²) in [7, 11) is -2.95. The zero-order valence-corrected chi connectivity index (χ0v) is 12.3. The van der Waals surface area contributed by atoms with Crippen LogP contribution in [0.3, 0.4) is 0 Å². The number of hydrogen-bond acceptors (Lipinski definition) is 3. The Morgan fingerprint density at radius 1 is 1.29 bits per heavy atom. The Bertz CT molecular complexity index is 340. The third-order valence-electron chi connectivity index (χ3n) is 3.64. The molecule has 1 aliphatic rings. The molecular formula is C13H26O3S. The van der Waals surface area contributed by atoms with Crippen LogP contribution >= 0.6 is 0 Å². The van der Waals surface area contributed by atoms with Crippen molar-refractivity contribution in [2.75, 3.05) is 6.26 Å². The third kappa shape index (κ3) is 4.96. The largest absolute Gasteiger partial charge is 0.393 e. The molecule has 0 aliphatic heterocycles. The highest BCUT2D eigenvalue weighted by molar-refractivity contribution is 7.91. The zero-order valence-electron chi connectivity index (χ0n) is 11.4. The Labute approximate surface area is 106 Å². The van der Waals surface area contributed by atoms with Crippen molar-refractivity contribution in [3.63, 3.8) is 0 Å². The van der Waals surface area contributed by atoms with E-state index in [-0.39, 0.29) is 22.7 Å². The van der Waals surface area contributed by atoms with Crippen molar-refractivity contribution in [3.8, 4) is 0 Å². The van der Waals surface area contributed by atoms with Gasteiger partial charge < -0.3 is 5.11 Å². The normalized spacial score (nSPS) is 29.0. The van der Waals surface area contributed by atoms with E-state index < -0.39 is 9.84 Å². The lowest BCUT2D eigenvalue weighted by molar-refractivity contribution is 0.0496. The first kappa shape index (κ1) is 15.0. The highest BCUT2D eigenvalue weighted by atomic mass is 32.2. The maximum Gasteiger partial charge on any atom is 0.150 e. The van der Waals surface area contributed by atoms with Crippen molar-refractivity contribution in [1.82, 2.24) is 0 Å². The van der Waals surface area contributed by atoms with Gasteiger partial charge in [-0.15, -0.1) is 0 Å². The van der Waals surface area contributed by atoms with E-state index >= 15 is 0 Å². The summed E-state index contributed by atoms with van der Waals surface area (Å²) >= 11 is 0. The monoisotopic (exact) mass is 262 g/mol. The molecule has 3 unspecified atom stereocenters. The summed E-state index contributed by atoms with van der Waals surface area (Å²) in [6.07, 6.45) is 4.98. The van der Waals surface area contributed by atoms with E-state index in [1.165, 1.54) is 6.26 Å². The van der Waals surface area contributed by atoms with Gasteiger partial charge in [0.1, 0.15) is 9.84 Å². The maximum absolute atomic E-state index is 11.6. The molecule has 0 aromatic heterocycles. The Morgan fingerprint density at radius 3 is 2.35 bits per heavy atom. The quantitative estimate of drug-likeness (QED) is 0.849. The van der Waals surface area contributed by atoms with Crippen molar-refractivity contribution in [2.45, 2.75) is 64.2 Å². The van der Waals surface area contributed by atoms with Crippen LogP contribution in [0.1, 0.15) is 52.9 Å². The molecule has 1 aliphatic carbocycles. The van der Waals surface area contributed by atoms with Crippen LogP contribution in [0.2, 0.25) is 0 Å². The molecule has 0 spiro atoms. The second-order valence-corrected chi connectivity index (χ2v) is 9.04. The summed E-state index contributed by atoms with van der Waals surface area (Å²) in [6, 6.07) is 0. The van der Waals surface area contributed by atoms with Gasteiger partial charge in [-0.05, 0) is 37.0 Å². The van der Waals surface area contributed by atoms with E-state index in [0.29, 0.717) is 6.42 Å². The van der Waals surface area contributed by atoms with Crippen molar-refractivity contribution in [2.24, 2.45) is 11.3 Å². The van der Waals surface area contributed by atoms with Gasteiger partial charge in [0.05, 0.1) is 11.4 Å². The van der Waals surface area contributed by atoms with Crippen LogP contribution < -0.4 is 0 Å². The van der Waals surface area contributed by atoms with E-state index in [0.717, 1.165) is 25.7 Å². The molecule has 0 bridgehead atoms. The standard InChI is InChI=1S/C13H26O3S/c1-13(2,3)9-12(14)10-6-5-7-11(8-10)17(4,15)16/h10-12,14H,5-9H2,1-4H3. The van der Waals surface area contributed by atoms with E-state index in [4.69, 9.17) is 0 Å². The van der Waals surface area contributed by atoms with Crippen LogP contribution in [0.4, 0.5) is 0 Å². The highest BCUT2D eigenvalue weighted by Crippen LogP contribution is 2.34. The predicted molar refractivity (Wildman–Crippen MR) is 70.7 cm³/mol. The fourth-order valence-corrected chi connectivity index (χ4v) is 3.91. The third-order valence-corrected chi connectivity index (χ3v) is 5.28. The van der Waals surface area contributed by atoms with Crippen molar-refractivity contribution in [1.29, 1.82) is 0 Å². The first-order valence-corrected chi connectivity index (χ1v) is 8.42. The van der Waals surface area contributed by atoms with Crippen LogP contribution in [-0.2, 0) is 9.84 Å². The number of aliphatic hydroxyl groups is 1. The molecule has 0 radical (unpaired) electrons. The average molecular weight is 262 g/mol. The summed E-state index contributed by atoms with van der Waals surface area (Å²) in [5.41, 5.74) is 0.0947. The molecule has 1 rings (SSSR count). The van der Waals surface area contributed by atoms with Gasteiger partial charge in [-0.1, -0.05) is 27.2 Å². The van der Waals surface area contributed by atoms with Crippen molar-refractivity contribution >= 4 is 9.84 Å². The summed E-state index contributed by atoms with van der Waals surface area (Å²) in [5, 5.41) is 9.96. The van der Waals surface area contributed by atoms with Crippen LogP contribution in [-0.4, -0.2) is 31.1 Å². The predicted octanol–water partition coefficient (Wildman–Crippen LogP) is 2.39. The molecule has 0 saturated heterocycles. The molecule has 3 nitrogen and oxygen atoms in total. The van der Waals surface area contributed by atoms with Crippen molar-refractivity contribution < 1.29 is 13.5 Å². The first-order chi connectivity index (χ1) is 7.59. The fourth-order valence-electron chi connectivity index (χ4n) is 2.71. The highest BCUT2D eigenvalue weighted by Gasteiger charge is 2.33. The Morgan fingerprint density at radius 2 is 1.88 bits per heavy atom. The molecule has 102 valence electrons. The van der Waals surface area contributed by atoms with Gasteiger partial charge in [0.2, 0.25) is 0 Å². The smallest absolute Gasteiger partial charge is 0.150 e. The minimum atomic E-state index is -2.95. The molecule has 0 amide bonds. The summed E-state index contributed by atoms with van der Waals surface area (Å²) in [6.45, 7) is 6.31. The number of sulfone groups is 1. The Hall–Kier alpha value is -0.0900. The first-order valence-electron chi connectivity index (χ1n) is 6.46. The van der Waals surface area contributed by atoms with Crippen LogP contribution in [0.15, 0.2) is 0 Å². The number of hydrogen-bond donors (Lipinski definition) is 1. The Kier molecular flexibility index (Phi) is 4.64. The second kappa shape index (κ2) is 5.27. The molecule has 3 atom stereocenters. The van der Waals surface area contributed by atoms with E-state index in [2.05, 4.69) is 20.8 Å². The lowest BCUT2D eigenvalue weighted by Crippen LogP contribution is -2.34. The molecule has 17 heavy (non-hydrogen) atoms. The van der Waals surface area contributed by atoms with Gasteiger partial charge in [0.15, 0.2) is 0 Å². The zero-order chi connectivity index (χ0) is 13.3. The van der Waals surface area contributed by atoms with E-state index in [1.807, 2.05) is 0 Å². The van der Waals surface area contributed by atoms with E-state index in [9.17, 15) is 13.5 Å². The van der Waals surface area contributed by atoms with Gasteiger partial charge in [0, 0.05) is 6.26 Å². The summed E-state index contributed by atoms with van der Waals surface area (Å²) in [5.74, 6) is 0.155. The minimum Gasteiger partial charge on any atom is -0.393 e. The number of rotatable bonds is 3. The van der Waals surface area contributed by atoms with Gasteiger partial charge in [-0.25, -0.2) is 8.42 Å². The van der Waals surface area contributed by atoms with Crippen LogP contribution in [0.5, 0.6) is 0 Å². The topological polar surface area (TPSA) is 54.4 Å². The second-order valence-electron chi connectivity index (χ2n) is 6.71. The molecule has 1 fully saturated rings. The molecule has 0 aromatic rings. The lowest BCUT2D eigenvalue weighted by atomic mass is 9.78. The van der Waals surface area contributed by atoms with Gasteiger partial charge in [-0.2, -0.15) is 0 Å². The van der Waals surface area contributed by atoms with Gasteiger partial charge in [-0.3, -0.25) is 0 Å². The fraction of sp³-hybridized carbons (Fsp3) is 1.00. The van der Waals surface area contributed by atoms with Gasteiger partial charge in [0.25, 0.3) is 0 Å². The number of aliphatic hydroxyl groups excluding tert-OH is 1. The van der Waals surface area contributed by atoms with Crippen LogP contribution in [0, 0.1) is 11.3 Å².